The summed E-state index contributed by atoms with van der Waals surface area (Å²) in [5.74, 6) is 0.218. The van der Waals surface area contributed by atoms with Crippen LogP contribution in [-0.4, -0.2) is 38.3 Å². The van der Waals surface area contributed by atoms with Crippen molar-refractivity contribution in [3.63, 3.8) is 0 Å². The molecule has 0 radical (unpaired) electrons. The molecule has 4 aromatic carbocycles. The van der Waals surface area contributed by atoms with E-state index in [2.05, 4.69) is 44.7 Å². The highest BCUT2D eigenvalue weighted by atomic mass is 16.6. The summed E-state index contributed by atoms with van der Waals surface area (Å²) in [6, 6.07) is 28.6. The van der Waals surface area contributed by atoms with Crippen LogP contribution in [0.25, 0.3) is 22.0 Å². The molecular weight excluding hydrogens is 594 g/mol. The minimum atomic E-state index is -1.24. The third-order valence-corrected chi connectivity index (χ3v) is 8.24. The number of aromatic amines is 1. The Hall–Kier alpha value is -5.90. The Morgan fingerprint density at radius 2 is 1.62 bits per heavy atom. The van der Waals surface area contributed by atoms with Gasteiger partial charge in [0.05, 0.1) is 0 Å². The number of H-pyrrole nitrogens is 1. The maximum Gasteiger partial charge on any atom is 0.405 e. The molecule has 2 aromatic heterocycles. The van der Waals surface area contributed by atoms with Crippen LogP contribution >= 0.6 is 0 Å². The highest BCUT2D eigenvalue weighted by Gasteiger charge is 2.30. The third kappa shape index (κ3) is 7.33. The number of rotatable bonds is 11. The number of nitrogens with one attached hydrogen (secondary N) is 2. The number of nitrogens with two attached hydrogens (primary N) is 1. The minimum absolute atomic E-state index is 0.0561. The second-order valence-corrected chi connectivity index (χ2v) is 11.6. The largest absolute Gasteiger partial charge is 0.508 e. The first-order valence-corrected chi connectivity index (χ1v) is 15.3. The summed E-state index contributed by atoms with van der Waals surface area (Å²) in [6.45, 7) is 3.63. The number of carbonyl (C=O) groups excluding carboxylic acids is 2. The first-order valence-electron chi connectivity index (χ1n) is 15.3. The van der Waals surface area contributed by atoms with E-state index < -0.39 is 24.1 Å². The van der Waals surface area contributed by atoms with E-state index in [0.29, 0.717) is 18.7 Å². The van der Waals surface area contributed by atoms with Crippen LogP contribution in [0.2, 0.25) is 0 Å². The first-order chi connectivity index (χ1) is 22.7. The number of hydrogen-bond donors (Lipinski definition) is 4. The van der Waals surface area contributed by atoms with E-state index in [9.17, 15) is 14.7 Å². The minimum Gasteiger partial charge on any atom is -0.508 e. The van der Waals surface area contributed by atoms with Gasteiger partial charge in [-0.05, 0) is 71.0 Å². The van der Waals surface area contributed by atoms with Crippen LogP contribution in [0.1, 0.15) is 45.6 Å². The number of primary amides is 1. The van der Waals surface area contributed by atoms with Crippen LogP contribution in [0.3, 0.4) is 0 Å². The van der Waals surface area contributed by atoms with E-state index in [1.54, 1.807) is 12.1 Å². The van der Waals surface area contributed by atoms with E-state index in [1.165, 1.54) is 0 Å². The number of benzene rings is 4. The smallest absolute Gasteiger partial charge is 0.405 e. The zero-order valence-corrected chi connectivity index (χ0v) is 26.1. The van der Waals surface area contributed by atoms with Gasteiger partial charge in [0.1, 0.15) is 11.8 Å². The van der Waals surface area contributed by atoms with E-state index in [1.807, 2.05) is 74.6 Å². The molecular formula is C37H35N5O5. The molecule has 0 aliphatic carbocycles. The van der Waals surface area contributed by atoms with Crippen LogP contribution in [0.5, 0.6) is 5.75 Å². The number of nitrogens with zero attached hydrogens (tertiary/aromatic N) is 2. The standard InChI is InChI=1S/C37H35N5O5/c1-22-16-28(43)17-23(2)30(22)20-33(46-37(38)45)35(44)40-32(19-27-21-39-31-11-7-6-10-29(27)31)36-41-34(42-47-36)18-24-12-14-26(15-13-24)25-8-4-3-5-9-25/h3-17,21,32-33,39,43H,18-20H2,1-2H3,(H2,38,45)(H,40,44). The fourth-order valence-electron chi connectivity index (χ4n) is 5.90. The van der Waals surface area contributed by atoms with E-state index >= 15 is 0 Å². The van der Waals surface area contributed by atoms with Crippen molar-refractivity contribution in [2.45, 2.75) is 45.3 Å². The lowest BCUT2D eigenvalue weighted by Crippen LogP contribution is -2.42. The third-order valence-electron chi connectivity index (χ3n) is 8.24. The number of fused-ring (bicyclic) bond motifs is 1. The fraction of sp³-hybridized carbons (Fsp3) is 0.189. The highest BCUT2D eigenvalue weighted by molar-refractivity contribution is 5.85. The number of aromatic hydroxyl groups is 1. The number of ether oxygens (including phenoxy) is 1. The van der Waals surface area contributed by atoms with E-state index in [0.717, 1.165) is 49.8 Å². The van der Waals surface area contributed by atoms with Gasteiger partial charge in [0.2, 0.25) is 5.89 Å². The molecule has 0 aliphatic rings. The second-order valence-electron chi connectivity index (χ2n) is 11.6. The maximum atomic E-state index is 13.8. The molecule has 5 N–H and O–H groups in total. The van der Waals surface area contributed by atoms with Crippen molar-refractivity contribution in [3.8, 4) is 16.9 Å². The van der Waals surface area contributed by atoms with Crippen molar-refractivity contribution in [1.82, 2.24) is 20.4 Å². The van der Waals surface area contributed by atoms with E-state index in [4.69, 9.17) is 15.0 Å². The molecule has 0 fully saturated rings. The number of hydrogen-bond acceptors (Lipinski definition) is 7. The topological polar surface area (TPSA) is 156 Å². The van der Waals surface area contributed by atoms with Crippen molar-refractivity contribution >= 4 is 22.9 Å². The molecule has 0 saturated heterocycles. The average Bonchev–Trinajstić information content (AvgIpc) is 3.69. The van der Waals surface area contributed by atoms with Crippen molar-refractivity contribution in [2.75, 3.05) is 0 Å². The molecule has 0 aliphatic heterocycles. The molecule has 0 spiro atoms. The van der Waals surface area contributed by atoms with Crippen LogP contribution < -0.4 is 11.1 Å². The Morgan fingerprint density at radius 3 is 2.34 bits per heavy atom. The summed E-state index contributed by atoms with van der Waals surface area (Å²) in [4.78, 5) is 33.6. The monoisotopic (exact) mass is 629 g/mol. The predicted octanol–water partition coefficient (Wildman–Crippen LogP) is 6.24. The van der Waals surface area contributed by atoms with E-state index in [-0.39, 0.29) is 18.1 Å². The van der Waals surface area contributed by atoms with Crippen molar-refractivity contribution < 1.29 is 24.0 Å². The second kappa shape index (κ2) is 13.6. The van der Waals surface area contributed by atoms with Gasteiger partial charge >= 0.3 is 6.09 Å². The van der Waals surface area contributed by atoms with Gasteiger partial charge in [-0.15, -0.1) is 0 Å². The zero-order chi connectivity index (χ0) is 32.9. The van der Waals surface area contributed by atoms with Crippen LogP contribution in [0.15, 0.2) is 102 Å². The van der Waals surface area contributed by atoms with Gasteiger partial charge in [-0.3, -0.25) is 4.79 Å². The Morgan fingerprint density at radius 1 is 0.936 bits per heavy atom. The van der Waals surface area contributed by atoms with Gasteiger partial charge in [-0.25, -0.2) is 4.79 Å². The number of phenolic OH excluding ortho intramolecular Hbond substituents is 1. The normalized spacial score (nSPS) is 12.5. The number of aryl methyl sites for hydroxylation is 2. The van der Waals surface area contributed by atoms with Gasteiger partial charge in [-0.1, -0.05) is 78.0 Å². The Bertz CT molecular complexity index is 1990. The van der Waals surface area contributed by atoms with Crippen molar-refractivity contribution in [1.29, 1.82) is 0 Å². The summed E-state index contributed by atoms with van der Waals surface area (Å²) < 4.78 is 11.1. The molecule has 0 bridgehead atoms. The number of phenols is 1. The molecule has 47 heavy (non-hydrogen) atoms. The highest BCUT2D eigenvalue weighted by Crippen LogP contribution is 2.27. The average molecular weight is 630 g/mol. The molecule has 0 saturated carbocycles. The lowest BCUT2D eigenvalue weighted by molar-refractivity contribution is -0.130. The molecule has 238 valence electrons. The van der Waals surface area contributed by atoms with Crippen LogP contribution in [0.4, 0.5) is 4.79 Å². The van der Waals surface area contributed by atoms with Crippen molar-refractivity contribution in [2.24, 2.45) is 5.73 Å². The molecule has 6 rings (SSSR count). The summed E-state index contributed by atoms with van der Waals surface area (Å²) in [5.41, 5.74) is 12.8. The van der Waals surface area contributed by atoms with Gasteiger partial charge < -0.3 is 30.4 Å². The first kappa shape index (κ1) is 31.1. The van der Waals surface area contributed by atoms with Gasteiger partial charge in [0.15, 0.2) is 11.9 Å². The quantitative estimate of drug-likeness (QED) is 0.132. The van der Waals surface area contributed by atoms with Crippen molar-refractivity contribution in [3.05, 3.63) is 137 Å². The zero-order valence-electron chi connectivity index (χ0n) is 26.1. The fourth-order valence-corrected chi connectivity index (χ4v) is 5.90. The summed E-state index contributed by atoms with van der Waals surface area (Å²) >= 11 is 0. The summed E-state index contributed by atoms with van der Waals surface area (Å²) in [7, 11) is 0. The van der Waals surface area contributed by atoms with Gasteiger partial charge in [0.25, 0.3) is 5.91 Å². The SMILES string of the molecule is Cc1cc(O)cc(C)c1CC(OC(N)=O)C(=O)NC(Cc1c[nH]c2ccccc12)c1nc(Cc2ccc(-c3ccccc3)cc2)no1. The molecule has 2 atom stereocenters. The molecule has 10 nitrogen and oxygen atoms in total. The van der Waals surface area contributed by atoms with Gasteiger partial charge in [-0.2, -0.15) is 4.98 Å². The molecule has 6 aromatic rings. The Kier molecular flexibility index (Phi) is 9.01. The lowest BCUT2D eigenvalue weighted by Gasteiger charge is -2.22. The molecule has 2 unspecified atom stereocenters. The maximum absolute atomic E-state index is 13.8. The van der Waals surface area contributed by atoms with Crippen LogP contribution in [0, 0.1) is 13.8 Å². The Balaban J connectivity index is 1.26. The van der Waals surface area contributed by atoms with Gasteiger partial charge in [0, 0.05) is 36.4 Å². The number of carbonyl (C=O) groups is 2. The summed E-state index contributed by atoms with van der Waals surface area (Å²) in [6.07, 6.45) is 0.371. The molecule has 2 amide bonds. The summed E-state index contributed by atoms with van der Waals surface area (Å²) in [5, 5.41) is 18.2. The molecule has 10 heteroatoms. The predicted molar refractivity (Wildman–Crippen MR) is 178 cm³/mol. The number of para-hydroxylation sites is 1. The lowest BCUT2D eigenvalue weighted by atomic mass is 9.96. The van der Waals surface area contributed by atoms with Crippen LogP contribution in [-0.2, 0) is 28.8 Å². The Labute approximate surface area is 271 Å². The number of aromatic nitrogens is 3. The molecule has 2 heterocycles. The number of amides is 2.